The first-order valence-electron chi connectivity index (χ1n) is 26.7. The van der Waals surface area contributed by atoms with Crippen LogP contribution >= 0.6 is 12.6 Å². The van der Waals surface area contributed by atoms with Gasteiger partial charge < -0.3 is 129 Å². The van der Waals surface area contributed by atoms with Crippen LogP contribution in [0.15, 0.2) is 34.9 Å². The van der Waals surface area contributed by atoms with Crippen molar-refractivity contribution in [2.75, 3.05) is 51.6 Å². The number of amides is 8. The number of thiol groups is 1. The highest BCUT2D eigenvalue weighted by molar-refractivity contribution is 7.80. The minimum Gasteiger partial charge on any atom is -0.370 e. The second-order valence-corrected chi connectivity index (χ2v) is 19.1. The molecule has 0 aromatic rings. The number of aliphatic imine (C=N–C) groups is 7. The molecular weight excluding hydrogens is 1120 g/mol. The number of hydrogen-bond acceptors (Lipinski definition) is 17. The second kappa shape index (κ2) is 42.8. The maximum atomic E-state index is 14.6. The van der Waals surface area contributed by atoms with Gasteiger partial charge in [0.1, 0.15) is 42.3 Å². The predicted molar refractivity (Wildman–Crippen MR) is 324 cm³/mol. The molecule has 4 unspecified atom stereocenters. The molecule has 84 heavy (non-hydrogen) atoms. The number of primary amides is 1. The standard InChI is InChI=1S/C45H92N30O8S/c46-23(22-84)32(77)70-25(9-2-16-63-40(50)51)34(79)72-27(11-4-18-65-42(54)55)36(81)74-29(13-6-20-67-44(58)59)38(83)75-30(14-7-21-68-45(60)61)37(82)73-28(12-5-19-66-43(56)57)35(80)71-26(10-3-17-64-41(52)53)33(78)69-24(31(47)76)8-1-15-62-39(48)49/h23-30,84H,1-22,46H2,(H2,47,76)(H,69,78)(H,70,77)(H,71,80)(H,72,79)(H,73,82)(H,74,81)(H,75,83)(H4,48,49,62)(H4,50,51,63)(H4,52,53,64)(H4,54,55,65)(H4,56,57,66)(H4,58,59,67)(H4,60,61,68)/t23?,24-,25-,26?,27?,28-,29-,30?/m0/s1. The van der Waals surface area contributed by atoms with E-state index in [1.54, 1.807) is 0 Å². The van der Waals surface area contributed by atoms with Crippen LogP contribution in [-0.4, -0.2) is 189 Å². The number of guanidine groups is 7. The molecule has 0 rings (SSSR count). The van der Waals surface area contributed by atoms with Crippen molar-refractivity contribution in [3.8, 4) is 0 Å². The SMILES string of the molecule is NC(=O)[C@H](CCCN=C(N)N)NC(=O)C(CCCN=C(N)N)NC(=O)[C@H](CCCN=C(N)N)NC(=O)C(CCCN=C(N)N)NC(=O)[C@H](CCCN=C(N)N)NC(=O)C(CCCN=C(N)N)NC(=O)[C@H](CCCN=C(N)N)NC(=O)C(N)CS. The van der Waals surface area contributed by atoms with Crippen LogP contribution in [0.3, 0.4) is 0 Å². The number of nitrogens with two attached hydrogens (primary N) is 16. The minimum absolute atomic E-state index is 0.00959. The Bertz CT molecular complexity index is 2310. The first-order chi connectivity index (χ1) is 39.6. The molecule has 39 N–H and O–H groups in total. The van der Waals surface area contributed by atoms with Gasteiger partial charge in [-0.05, 0) is 89.9 Å². The Hall–Kier alpha value is -9.04. The van der Waals surface area contributed by atoms with E-state index in [0.717, 1.165) is 0 Å². The van der Waals surface area contributed by atoms with Gasteiger partial charge in [-0.2, -0.15) is 12.6 Å². The van der Waals surface area contributed by atoms with Crippen LogP contribution < -0.4 is 129 Å². The molecule has 0 aromatic heterocycles. The molecule has 0 aliphatic carbocycles. The van der Waals surface area contributed by atoms with E-state index in [-0.39, 0.29) is 183 Å². The lowest BCUT2D eigenvalue weighted by atomic mass is 10.0. The maximum absolute atomic E-state index is 14.6. The van der Waals surface area contributed by atoms with E-state index in [1.165, 1.54) is 0 Å². The third-order valence-corrected chi connectivity index (χ3v) is 12.0. The molecule has 0 bridgehead atoms. The van der Waals surface area contributed by atoms with Crippen LogP contribution in [0, 0.1) is 0 Å². The van der Waals surface area contributed by atoms with Crippen LogP contribution in [0.4, 0.5) is 0 Å². The van der Waals surface area contributed by atoms with E-state index in [9.17, 15) is 38.4 Å². The Morgan fingerprint density at radius 3 is 0.583 bits per heavy atom. The van der Waals surface area contributed by atoms with Gasteiger partial charge in [0.25, 0.3) is 0 Å². The Balaban J connectivity index is 7.42. The van der Waals surface area contributed by atoms with Crippen molar-refractivity contribution >= 4 is 102 Å². The summed E-state index contributed by atoms with van der Waals surface area (Å²) in [5.41, 5.74) is 88.5. The van der Waals surface area contributed by atoms with Crippen molar-refractivity contribution in [2.24, 2.45) is 127 Å². The van der Waals surface area contributed by atoms with E-state index in [4.69, 9.17) is 91.7 Å². The first kappa shape index (κ1) is 75.0. The molecule has 39 heteroatoms. The summed E-state index contributed by atoms with van der Waals surface area (Å²) in [6.07, 6.45) is 0.202. The summed E-state index contributed by atoms with van der Waals surface area (Å²) in [6, 6.07) is -10.8. The molecule has 38 nitrogen and oxygen atoms in total. The van der Waals surface area contributed by atoms with Gasteiger partial charge in [0.15, 0.2) is 41.7 Å². The number of hydrogen-bond donors (Lipinski definition) is 24. The summed E-state index contributed by atoms with van der Waals surface area (Å²) in [7, 11) is 0. The van der Waals surface area contributed by atoms with Crippen LogP contribution in [0.5, 0.6) is 0 Å². The molecule has 0 aliphatic heterocycles. The smallest absolute Gasteiger partial charge is 0.243 e. The average molecular weight is 1210 g/mol. The number of rotatable bonds is 44. The molecule has 0 aliphatic rings. The zero-order chi connectivity index (χ0) is 63.7. The molecule has 8 amide bonds. The predicted octanol–water partition coefficient (Wildman–Crippen LogP) is -11.5. The number of carbonyl (C=O) groups excluding carboxylic acids is 8. The van der Waals surface area contributed by atoms with Gasteiger partial charge in [-0.1, -0.05) is 0 Å². The molecular formula is C45H92N30O8S. The highest BCUT2D eigenvalue weighted by atomic mass is 32.1. The lowest BCUT2D eigenvalue weighted by Crippen LogP contribution is -2.60. The fourth-order valence-corrected chi connectivity index (χ4v) is 7.58. The topological polar surface area (TPSA) is 724 Å². The molecule has 476 valence electrons. The summed E-state index contributed by atoms with van der Waals surface area (Å²) in [4.78, 5) is 139. The van der Waals surface area contributed by atoms with Crippen molar-refractivity contribution < 1.29 is 38.4 Å². The summed E-state index contributed by atoms with van der Waals surface area (Å²) in [5, 5.41) is 18.3. The zero-order valence-corrected chi connectivity index (χ0v) is 48.2. The van der Waals surface area contributed by atoms with Gasteiger partial charge in [0.2, 0.25) is 47.3 Å². The molecule has 0 aromatic carbocycles. The Morgan fingerprint density at radius 1 is 0.274 bits per heavy atom. The normalized spacial score (nSPS) is 13.5. The minimum atomic E-state index is -1.49. The van der Waals surface area contributed by atoms with Crippen molar-refractivity contribution in [1.29, 1.82) is 0 Å². The largest absolute Gasteiger partial charge is 0.370 e. The van der Waals surface area contributed by atoms with Gasteiger partial charge in [-0.3, -0.25) is 73.3 Å². The van der Waals surface area contributed by atoms with Crippen molar-refractivity contribution in [2.45, 2.75) is 138 Å². The van der Waals surface area contributed by atoms with Crippen LogP contribution in [0.25, 0.3) is 0 Å². The van der Waals surface area contributed by atoms with Gasteiger partial charge in [0.05, 0.1) is 6.04 Å². The molecule has 0 heterocycles. The summed E-state index contributed by atoms with van der Waals surface area (Å²) < 4.78 is 0. The van der Waals surface area contributed by atoms with Crippen molar-refractivity contribution in [3.63, 3.8) is 0 Å². The fraction of sp³-hybridized carbons (Fsp3) is 0.667. The van der Waals surface area contributed by atoms with E-state index in [2.05, 4.69) is 84.8 Å². The molecule has 0 saturated heterocycles. The van der Waals surface area contributed by atoms with Crippen LogP contribution in [0.1, 0.15) is 89.9 Å². The maximum Gasteiger partial charge on any atom is 0.243 e. The number of nitrogens with one attached hydrogen (secondary N) is 7. The molecule has 8 atom stereocenters. The van der Waals surface area contributed by atoms with E-state index >= 15 is 0 Å². The van der Waals surface area contributed by atoms with Gasteiger partial charge >= 0.3 is 0 Å². The molecule has 0 fully saturated rings. The molecule has 0 spiro atoms. The Morgan fingerprint density at radius 2 is 0.429 bits per heavy atom. The van der Waals surface area contributed by atoms with E-state index in [0.29, 0.717) is 0 Å². The van der Waals surface area contributed by atoms with Crippen LogP contribution in [0.2, 0.25) is 0 Å². The zero-order valence-electron chi connectivity index (χ0n) is 47.3. The number of carbonyl (C=O) groups is 8. The molecule has 0 radical (unpaired) electrons. The third-order valence-electron chi connectivity index (χ3n) is 11.6. The van der Waals surface area contributed by atoms with Crippen molar-refractivity contribution in [1.82, 2.24) is 37.2 Å². The second-order valence-electron chi connectivity index (χ2n) is 18.8. The van der Waals surface area contributed by atoms with Gasteiger partial charge in [-0.15, -0.1) is 0 Å². The summed E-state index contributed by atoms with van der Waals surface area (Å²) in [5.74, 6) is -8.69. The van der Waals surface area contributed by atoms with E-state index in [1.807, 2.05) is 0 Å². The van der Waals surface area contributed by atoms with Crippen molar-refractivity contribution in [3.05, 3.63) is 0 Å². The Kier molecular flexibility index (Phi) is 38.2. The highest BCUT2D eigenvalue weighted by Gasteiger charge is 2.34. The summed E-state index contributed by atoms with van der Waals surface area (Å²) in [6.45, 7) is 0.155. The summed E-state index contributed by atoms with van der Waals surface area (Å²) >= 11 is 4.07. The molecule has 0 saturated carbocycles. The lowest BCUT2D eigenvalue weighted by Gasteiger charge is -2.28. The number of nitrogens with zero attached hydrogens (tertiary/aromatic N) is 7. The van der Waals surface area contributed by atoms with Gasteiger partial charge in [0, 0.05) is 51.6 Å². The average Bonchev–Trinajstić information content (AvgIpc) is 3.58. The van der Waals surface area contributed by atoms with Gasteiger partial charge in [-0.25, -0.2) is 0 Å². The quantitative estimate of drug-likeness (QED) is 0.0117. The monoisotopic (exact) mass is 1210 g/mol. The Labute approximate surface area is 492 Å². The van der Waals surface area contributed by atoms with Crippen LogP contribution in [-0.2, 0) is 38.4 Å². The fourth-order valence-electron chi connectivity index (χ4n) is 7.42. The first-order valence-corrected chi connectivity index (χ1v) is 27.4. The lowest BCUT2D eigenvalue weighted by molar-refractivity contribution is -0.136. The van der Waals surface area contributed by atoms with E-state index < -0.39 is 95.6 Å². The third kappa shape index (κ3) is 36.3. The highest BCUT2D eigenvalue weighted by Crippen LogP contribution is 2.11.